The standard InChI is InChI=1S/C16H19N3O2/c1-12-5-3-4-6-14(12)15(16(20)21)19(2)10-7-13-11-17-8-9-18-13/h3-6,8-9,11,15H,7,10H2,1-2H3,(H,20,21). The van der Waals surface area contributed by atoms with E-state index in [-0.39, 0.29) is 0 Å². The Hall–Kier alpha value is -2.27. The molecule has 0 bridgehead atoms. The van der Waals surface area contributed by atoms with Crippen molar-refractivity contribution < 1.29 is 9.90 Å². The number of carboxylic acid groups (broad SMARTS) is 1. The molecule has 0 saturated heterocycles. The summed E-state index contributed by atoms with van der Waals surface area (Å²) in [5.41, 5.74) is 2.67. The van der Waals surface area contributed by atoms with Gasteiger partial charge in [0, 0.05) is 31.6 Å². The Balaban J connectivity index is 2.12. The fourth-order valence-electron chi connectivity index (χ4n) is 2.33. The third-order valence-corrected chi connectivity index (χ3v) is 3.50. The minimum atomic E-state index is -0.842. The normalized spacial score (nSPS) is 12.3. The minimum absolute atomic E-state index is 0.601. The highest BCUT2D eigenvalue weighted by Gasteiger charge is 2.25. The lowest BCUT2D eigenvalue weighted by Crippen LogP contribution is -2.33. The molecule has 21 heavy (non-hydrogen) atoms. The fourth-order valence-corrected chi connectivity index (χ4v) is 2.33. The molecule has 1 unspecified atom stereocenters. The van der Waals surface area contributed by atoms with Gasteiger partial charge in [0.05, 0.1) is 5.69 Å². The summed E-state index contributed by atoms with van der Waals surface area (Å²) in [6, 6.07) is 6.93. The smallest absolute Gasteiger partial charge is 0.325 e. The van der Waals surface area contributed by atoms with Gasteiger partial charge in [0.15, 0.2) is 0 Å². The molecule has 0 aliphatic carbocycles. The van der Waals surface area contributed by atoms with Gasteiger partial charge in [-0.1, -0.05) is 24.3 Å². The van der Waals surface area contributed by atoms with Crippen LogP contribution in [0.2, 0.25) is 0 Å². The fraction of sp³-hybridized carbons (Fsp3) is 0.312. The van der Waals surface area contributed by atoms with Gasteiger partial charge in [-0.3, -0.25) is 19.7 Å². The SMILES string of the molecule is Cc1ccccc1C(C(=O)O)N(C)CCc1cnccn1. The maximum Gasteiger partial charge on any atom is 0.325 e. The number of nitrogens with zero attached hydrogens (tertiary/aromatic N) is 3. The van der Waals surface area contributed by atoms with Gasteiger partial charge in [-0.25, -0.2) is 0 Å². The Bertz CT molecular complexity index is 601. The van der Waals surface area contributed by atoms with Crippen LogP contribution in [0.25, 0.3) is 0 Å². The maximum atomic E-state index is 11.6. The Morgan fingerprint density at radius 3 is 2.71 bits per heavy atom. The van der Waals surface area contributed by atoms with Crippen molar-refractivity contribution >= 4 is 5.97 Å². The molecule has 1 aromatic carbocycles. The largest absolute Gasteiger partial charge is 0.480 e. The number of carbonyl (C=O) groups is 1. The van der Waals surface area contributed by atoms with Crippen molar-refractivity contribution in [2.45, 2.75) is 19.4 Å². The molecule has 0 amide bonds. The molecule has 1 aromatic heterocycles. The van der Waals surface area contributed by atoms with Crippen LogP contribution in [0.1, 0.15) is 22.9 Å². The van der Waals surface area contributed by atoms with Crippen LogP contribution >= 0.6 is 0 Å². The molecule has 5 heteroatoms. The molecule has 1 heterocycles. The number of aromatic nitrogens is 2. The molecule has 5 nitrogen and oxygen atoms in total. The molecule has 0 saturated carbocycles. The monoisotopic (exact) mass is 285 g/mol. The molecular weight excluding hydrogens is 266 g/mol. The van der Waals surface area contributed by atoms with Crippen LogP contribution in [0.5, 0.6) is 0 Å². The second-order valence-corrected chi connectivity index (χ2v) is 5.02. The molecule has 0 fully saturated rings. The van der Waals surface area contributed by atoms with E-state index >= 15 is 0 Å². The molecule has 0 radical (unpaired) electrons. The highest BCUT2D eigenvalue weighted by molar-refractivity contribution is 5.76. The Kier molecular flexibility index (Phi) is 5.00. The van der Waals surface area contributed by atoms with Gasteiger partial charge < -0.3 is 5.11 Å². The summed E-state index contributed by atoms with van der Waals surface area (Å²) < 4.78 is 0. The topological polar surface area (TPSA) is 66.3 Å². The molecule has 1 N–H and O–H groups in total. The number of aryl methyl sites for hydroxylation is 1. The van der Waals surface area contributed by atoms with Gasteiger partial charge in [0.2, 0.25) is 0 Å². The van der Waals surface area contributed by atoms with E-state index in [0.717, 1.165) is 16.8 Å². The van der Waals surface area contributed by atoms with Crippen molar-refractivity contribution in [2.24, 2.45) is 0 Å². The van der Waals surface area contributed by atoms with Crippen LogP contribution in [-0.4, -0.2) is 39.5 Å². The summed E-state index contributed by atoms with van der Waals surface area (Å²) in [4.78, 5) is 21.7. The minimum Gasteiger partial charge on any atom is -0.480 e. The van der Waals surface area contributed by atoms with Gasteiger partial charge in [0.1, 0.15) is 6.04 Å². The number of likely N-dealkylation sites (N-methyl/N-ethyl adjacent to an activating group) is 1. The van der Waals surface area contributed by atoms with Gasteiger partial charge in [-0.2, -0.15) is 0 Å². The first-order valence-corrected chi connectivity index (χ1v) is 6.83. The highest BCUT2D eigenvalue weighted by Crippen LogP contribution is 2.23. The van der Waals surface area contributed by atoms with Crippen LogP contribution in [0.15, 0.2) is 42.9 Å². The lowest BCUT2D eigenvalue weighted by Gasteiger charge is -2.26. The predicted octanol–water partition coefficient (Wildman–Crippen LogP) is 2.09. The van der Waals surface area contributed by atoms with Gasteiger partial charge in [0.25, 0.3) is 0 Å². The van der Waals surface area contributed by atoms with Gasteiger partial charge in [-0.05, 0) is 25.1 Å². The summed E-state index contributed by atoms with van der Waals surface area (Å²) >= 11 is 0. The van der Waals surface area contributed by atoms with Crippen molar-refractivity contribution in [3.8, 4) is 0 Å². The highest BCUT2D eigenvalue weighted by atomic mass is 16.4. The summed E-state index contributed by atoms with van der Waals surface area (Å²) in [6.07, 6.45) is 5.64. The Morgan fingerprint density at radius 1 is 1.33 bits per heavy atom. The zero-order valence-corrected chi connectivity index (χ0v) is 12.2. The van der Waals surface area contributed by atoms with Crippen LogP contribution in [0.4, 0.5) is 0 Å². The Labute approximate surface area is 124 Å². The van der Waals surface area contributed by atoms with E-state index in [9.17, 15) is 9.90 Å². The van der Waals surface area contributed by atoms with E-state index < -0.39 is 12.0 Å². The summed E-state index contributed by atoms with van der Waals surface area (Å²) in [7, 11) is 1.82. The van der Waals surface area contributed by atoms with E-state index in [2.05, 4.69) is 9.97 Å². The van der Waals surface area contributed by atoms with E-state index in [1.165, 1.54) is 0 Å². The lowest BCUT2D eigenvalue weighted by atomic mass is 10.00. The van der Waals surface area contributed by atoms with E-state index in [4.69, 9.17) is 0 Å². The second kappa shape index (κ2) is 6.95. The summed E-state index contributed by atoms with van der Waals surface area (Å²) in [5, 5.41) is 9.55. The number of carboxylic acids is 1. The van der Waals surface area contributed by atoms with Gasteiger partial charge >= 0.3 is 5.97 Å². The lowest BCUT2D eigenvalue weighted by molar-refractivity contribution is -0.143. The number of benzene rings is 1. The number of hydrogen-bond acceptors (Lipinski definition) is 4. The zero-order valence-electron chi connectivity index (χ0n) is 12.2. The zero-order chi connectivity index (χ0) is 15.2. The molecule has 0 aliphatic heterocycles. The number of rotatable bonds is 6. The predicted molar refractivity (Wildman–Crippen MR) is 79.9 cm³/mol. The third-order valence-electron chi connectivity index (χ3n) is 3.50. The van der Waals surface area contributed by atoms with Crippen LogP contribution < -0.4 is 0 Å². The van der Waals surface area contributed by atoms with Crippen molar-refractivity contribution in [1.82, 2.24) is 14.9 Å². The van der Waals surface area contributed by atoms with Gasteiger partial charge in [-0.15, -0.1) is 0 Å². The van der Waals surface area contributed by atoms with Crippen LogP contribution in [-0.2, 0) is 11.2 Å². The number of hydrogen-bond donors (Lipinski definition) is 1. The Morgan fingerprint density at radius 2 is 2.10 bits per heavy atom. The first-order valence-electron chi connectivity index (χ1n) is 6.83. The van der Waals surface area contributed by atoms with E-state index in [0.29, 0.717) is 13.0 Å². The molecule has 1 atom stereocenters. The molecule has 0 aliphatic rings. The molecule has 110 valence electrons. The van der Waals surface area contributed by atoms with E-state index in [1.54, 1.807) is 18.6 Å². The quantitative estimate of drug-likeness (QED) is 0.880. The average Bonchev–Trinajstić information content (AvgIpc) is 2.48. The van der Waals surface area contributed by atoms with E-state index in [1.807, 2.05) is 43.1 Å². The molecular formula is C16H19N3O2. The maximum absolute atomic E-state index is 11.6. The summed E-state index contributed by atoms with van der Waals surface area (Å²) in [5.74, 6) is -0.842. The first kappa shape index (κ1) is 15.1. The summed E-state index contributed by atoms with van der Waals surface area (Å²) in [6.45, 7) is 2.53. The van der Waals surface area contributed by atoms with Crippen LogP contribution in [0.3, 0.4) is 0 Å². The molecule has 2 aromatic rings. The molecule has 0 spiro atoms. The van der Waals surface area contributed by atoms with Crippen LogP contribution in [0, 0.1) is 6.92 Å². The van der Waals surface area contributed by atoms with Crippen molar-refractivity contribution in [2.75, 3.05) is 13.6 Å². The second-order valence-electron chi connectivity index (χ2n) is 5.02. The third kappa shape index (κ3) is 3.86. The van der Waals surface area contributed by atoms with Crippen molar-refractivity contribution in [3.05, 3.63) is 59.7 Å². The molecule has 2 rings (SSSR count). The first-order chi connectivity index (χ1) is 10.1. The van der Waals surface area contributed by atoms with Crippen molar-refractivity contribution in [1.29, 1.82) is 0 Å². The van der Waals surface area contributed by atoms with Crippen molar-refractivity contribution in [3.63, 3.8) is 0 Å². The average molecular weight is 285 g/mol. The number of aliphatic carboxylic acids is 1.